The van der Waals surface area contributed by atoms with Gasteiger partial charge in [-0.1, -0.05) is 0 Å². The molecular formula is C7H11BrN4O. The van der Waals surface area contributed by atoms with E-state index < -0.39 is 0 Å². The fourth-order valence-electron chi connectivity index (χ4n) is 0.949. The average molecular weight is 247 g/mol. The Hall–Kier alpha value is -0.880. The number of amides is 1. The molecule has 3 N–H and O–H groups in total. The summed E-state index contributed by atoms with van der Waals surface area (Å²) in [5.74, 6) is -0.380. The molecule has 0 radical (unpaired) electrons. The quantitative estimate of drug-likeness (QED) is 0.768. The maximum absolute atomic E-state index is 10.8. The van der Waals surface area contributed by atoms with Gasteiger partial charge < -0.3 is 11.1 Å². The predicted octanol–water partition coefficient (Wildman–Crippen LogP) is -0.281. The van der Waals surface area contributed by atoms with Gasteiger partial charge in [0.15, 0.2) is 0 Å². The lowest BCUT2D eigenvalue weighted by Crippen LogP contribution is -2.42. The highest BCUT2D eigenvalue weighted by Crippen LogP contribution is 2.06. The number of halogens is 1. The first-order valence-electron chi connectivity index (χ1n) is 3.78. The fourth-order valence-corrected chi connectivity index (χ4v) is 1.28. The number of primary amides is 1. The van der Waals surface area contributed by atoms with Crippen LogP contribution in [0.2, 0.25) is 0 Å². The third kappa shape index (κ3) is 2.82. The summed E-state index contributed by atoms with van der Waals surface area (Å²) in [5.41, 5.74) is 5.15. The summed E-state index contributed by atoms with van der Waals surface area (Å²) in [4.78, 5) is 10.8. The zero-order chi connectivity index (χ0) is 9.84. The van der Waals surface area contributed by atoms with Crippen LogP contribution in [0.3, 0.4) is 0 Å². The number of nitrogens with zero attached hydrogens (tertiary/aromatic N) is 2. The summed E-state index contributed by atoms with van der Waals surface area (Å²) in [6.45, 7) is 0.442. The number of hydrogen-bond donors (Lipinski definition) is 2. The van der Waals surface area contributed by atoms with Crippen LogP contribution >= 0.6 is 15.9 Å². The van der Waals surface area contributed by atoms with Crippen molar-refractivity contribution in [2.75, 3.05) is 7.05 Å². The maximum atomic E-state index is 10.8. The van der Waals surface area contributed by atoms with Gasteiger partial charge in [-0.25, -0.2) is 0 Å². The minimum absolute atomic E-state index is 0.380. The Bertz CT molecular complexity index is 298. The highest BCUT2D eigenvalue weighted by Gasteiger charge is 2.13. The summed E-state index contributed by atoms with van der Waals surface area (Å²) >= 11 is 3.26. The van der Waals surface area contributed by atoms with E-state index in [0.29, 0.717) is 6.54 Å². The second kappa shape index (κ2) is 4.38. The highest BCUT2D eigenvalue weighted by molar-refractivity contribution is 9.10. The molecule has 0 bridgehead atoms. The average Bonchev–Trinajstić information content (AvgIpc) is 2.46. The van der Waals surface area contributed by atoms with E-state index in [-0.39, 0.29) is 11.9 Å². The van der Waals surface area contributed by atoms with Gasteiger partial charge in [0.1, 0.15) is 6.04 Å². The third-order valence-corrected chi connectivity index (χ3v) is 2.07. The molecule has 1 rings (SSSR count). The fraction of sp³-hybridized carbons (Fsp3) is 0.429. The lowest BCUT2D eigenvalue weighted by atomic mass is 10.3. The Labute approximate surface area is 84.4 Å². The van der Waals surface area contributed by atoms with Crippen molar-refractivity contribution in [2.24, 2.45) is 5.73 Å². The molecule has 0 aliphatic rings. The van der Waals surface area contributed by atoms with Crippen molar-refractivity contribution >= 4 is 21.8 Å². The van der Waals surface area contributed by atoms with Gasteiger partial charge in [0, 0.05) is 6.20 Å². The van der Waals surface area contributed by atoms with Crippen LogP contribution in [0.5, 0.6) is 0 Å². The molecular weight excluding hydrogens is 236 g/mol. The standard InChI is InChI=1S/C7H11BrN4O/c1-10-6(7(9)13)4-12-3-5(8)2-11-12/h2-3,6,10H,4H2,1H3,(H2,9,13). The van der Waals surface area contributed by atoms with E-state index >= 15 is 0 Å². The lowest BCUT2D eigenvalue weighted by Gasteiger charge is -2.11. The molecule has 1 unspecified atom stereocenters. The molecule has 6 heteroatoms. The molecule has 1 aromatic rings. The highest BCUT2D eigenvalue weighted by atomic mass is 79.9. The topological polar surface area (TPSA) is 72.9 Å². The van der Waals surface area contributed by atoms with Crippen molar-refractivity contribution in [3.8, 4) is 0 Å². The molecule has 0 saturated heterocycles. The monoisotopic (exact) mass is 246 g/mol. The normalized spacial score (nSPS) is 12.8. The summed E-state index contributed by atoms with van der Waals surface area (Å²) in [6, 6.07) is -0.383. The number of hydrogen-bond acceptors (Lipinski definition) is 3. The Balaban J connectivity index is 2.61. The molecule has 1 heterocycles. The molecule has 1 amide bonds. The molecule has 0 aliphatic carbocycles. The van der Waals surface area contributed by atoms with Gasteiger partial charge >= 0.3 is 0 Å². The molecule has 0 fully saturated rings. The van der Waals surface area contributed by atoms with Crippen LogP contribution in [-0.4, -0.2) is 28.8 Å². The minimum Gasteiger partial charge on any atom is -0.368 e. The van der Waals surface area contributed by atoms with E-state index in [1.54, 1.807) is 24.1 Å². The Morgan fingerprint density at radius 3 is 3.00 bits per heavy atom. The van der Waals surface area contributed by atoms with Crippen LogP contribution in [0.25, 0.3) is 0 Å². The largest absolute Gasteiger partial charge is 0.368 e. The van der Waals surface area contributed by atoms with Crippen LogP contribution in [0.15, 0.2) is 16.9 Å². The molecule has 1 atom stereocenters. The van der Waals surface area contributed by atoms with Crippen molar-refractivity contribution in [1.29, 1.82) is 0 Å². The van der Waals surface area contributed by atoms with Crippen LogP contribution in [0.1, 0.15) is 0 Å². The van der Waals surface area contributed by atoms with Gasteiger partial charge in [-0.15, -0.1) is 0 Å². The molecule has 5 nitrogen and oxygen atoms in total. The predicted molar refractivity (Wildman–Crippen MR) is 52.0 cm³/mol. The molecule has 0 spiro atoms. The number of rotatable bonds is 4. The van der Waals surface area contributed by atoms with Gasteiger partial charge in [0.05, 0.1) is 17.2 Å². The summed E-state index contributed by atoms with van der Waals surface area (Å²) < 4.78 is 2.53. The first kappa shape index (κ1) is 10.2. The smallest absolute Gasteiger partial charge is 0.236 e. The van der Waals surface area contributed by atoms with E-state index in [1.165, 1.54) is 0 Å². The zero-order valence-corrected chi connectivity index (χ0v) is 8.78. The van der Waals surface area contributed by atoms with Crippen LogP contribution in [-0.2, 0) is 11.3 Å². The van der Waals surface area contributed by atoms with Gasteiger partial charge in [-0.3, -0.25) is 9.48 Å². The number of nitrogens with one attached hydrogen (secondary N) is 1. The Morgan fingerprint density at radius 1 is 1.92 bits per heavy atom. The zero-order valence-electron chi connectivity index (χ0n) is 7.20. The van der Waals surface area contributed by atoms with Gasteiger partial charge in [-0.2, -0.15) is 5.10 Å². The Morgan fingerprint density at radius 2 is 2.62 bits per heavy atom. The van der Waals surface area contributed by atoms with E-state index in [4.69, 9.17) is 5.73 Å². The van der Waals surface area contributed by atoms with Gasteiger partial charge in [0.2, 0.25) is 5.91 Å². The minimum atomic E-state index is -0.383. The number of likely N-dealkylation sites (N-methyl/N-ethyl adjacent to an activating group) is 1. The maximum Gasteiger partial charge on any atom is 0.236 e. The van der Waals surface area contributed by atoms with E-state index in [9.17, 15) is 4.79 Å². The van der Waals surface area contributed by atoms with Crippen molar-refractivity contribution in [3.05, 3.63) is 16.9 Å². The molecule has 1 aromatic heterocycles. The number of nitrogens with two attached hydrogens (primary N) is 1. The van der Waals surface area contributed by atoms with Crippen molar-refractivity contribution in [3.63, 3.8) is 0 Å². The van der Waals surface area contributed by atoms with Crippen LogP contribution < -0.4 is 11.1 Å². The van der Waals surface area contributed by atoms with Crippen molar-refractivity contribution < 1.29 is 4.79 Å². The lowest BCUT2D eigenvalue weighted by molar-refractivity contribution is -0.120. The molecule has 72 valence electrons. The molecule has 13 heavy (non-hydrogen) atoms. The third-order valence-electron chi connectivity index (χ3n) is 1.66. The first-order chi connectivity index (χ1) is 6.13. The molecule has 0 saturated carbocycles. The number of carbonyl (C=O) groups excluding carboxylic acids is 1. The van der Waals surface area contributed by atoms with Gasteiger partial charge in [0.25, 0.3) is 0 Å². The number of carbonyl (C=O) groups is 1. The van der Waals surface area contributed by atoms with E-state index in [2.05, 4.69) is 26.3 Å². The van der Waals surface area contributed by atoms with E-state index in [1.807, 2.05) is 0 Å². The summed E-state index contributed by atoms with van der Waals surface area (Å²) in [7, 11) is 1.69. The second-order valence-corrected chi connectivity index (χ2v) is 3.54. The van der Waals surface area contributed by atoms with E-state index in [0.717, 1.165) is 4.47 Å². The summed E-state index contributed by atoms with van der Waals surface area (Å²) in [5, 5.41) is 6.82. The van der Waals surface area contributed by atoms with Crippen LogP contribution in [0.4, 0.5) is 0 Å². The molecule has 0 aliphatic heterocycles. The SMILES string of the molecule is CNC(Cn1cc(Br)cn1)C(N)=O. The number of aromatic nitrogens is 2. The second-order valence-electron chi connectivity index (χ2n) is 2.62. The van der Waals surface area contributed by atoms with Crippen LogP contribution in [0, 0.1) is 0 Å². The van der Waals surface area contributed by atoms with Gasteiger partial charge in [-0.05, 0) is 23.0 Å². The summed E-state index contributed by atoms with van der Waals surface area (Å²) in [6.07, 6.45) is 3.45. The Kier molecular flexibility index (Phi) is 3.44. The first-order valence-corrected chi connectivity index (χ1v) is 4.57. The van der Waals surface area contributed by atoms with Crippen molar-refractivity contribution in [1.82, 2.24) is 15.1 Å². The molecule has 0 aromatic carbocycles. The van der Waals surface area contributed by atoms with Crippen molar-refractivity contribution in [2.45, 2.75) is 12.6 Å².